The zero-order chi connectivity index (χ0) is 41.6. The van der Waals surface area contributed by atoms with Crippen LogP contribution in [-0.4, -0.2) is 87.5 Å². The molecule has 334 valence electrons. The smallest absolute Gasteiger partial charge is 0.220 e. The molecule has 1 fully saturated rings. The lowest BCUT2D eigenvalue weighted by Gasteiger charge is -2.40. The number of allylic oxidation sites excluding steroid dienone is 5. The van der Waals surface area contributed by atoms with E-state index in [2.05, 4.69) is 43.5 Å². The van der Waals surface area contributed by atoms with Crippen molar-refractivity contribution in [2.75, 3.05) is 13.2 Å². The third kappa shape index (κ3) is 29.3. The SMILES string of the molecule is CCCCC/C=C\C/C=C\CCCCCCCCCCCC(=O)NC(COC1OC(CO)C(O)C(O)C1O)C(O)/C=C/CCCCCCCCCCCCCCC. The highest BCUT2D eigenvalue weighted by Crippen LogP contribution is 2.22. The Kier molecular flexibility index (Phi) is 36.2. The molecular formula is C48H89NO8. The van der Waals surface area contributed by atoms with Crippen LogP contribution in [0.4, 0.5) is 0 Å². The quantitative estimate of drug-likeness (QED) is 0.0266. The molecule has 1 heterocycles. The Balaban J connectivity index is 2.34. The summed E-state index contributed by atoms with van der Waals surface area (Å²) < 4.78 is 11.2. The molecule has 7 unspecified atom stereocenters. The van der Waals surface area contributed by atoms with Crippen LogP contribution in [0.1, 0.15) is 206 Å². The maximum absolute atomic E-state index is 13.0. The molecule has 9 heteroatoms. The van der Waals surface area contributed by atoms with E-state index in [0.29, 0.717) is 6.42 Å². The van der Waals surface area contributed by atoms with Crippen LogP contribution in [0.25, 0.3) is 0 Å². The molecule has 1 saturated heterocycles. The fourth-order valence-electron chi connectivity index (χ4n) is 7.36. The normalized spacial score (nSPS) is 21.3. The summed E-state index contributed by atoms with van der Waals surface area (Å²) in [5, 5.41) is 54.2. The average molecular weight is 808 g/mol. The number of nitrogens with one attached hydrogen (secondary N) is 1. The van der Waals surface area contributed by atoms with E-state index < -0.39 is 49.5 Å². The minimum absolute atomic E-state index is 0.182. The van der Waals surface area contributed by atoms with Gasteiger partial charge >= 0.3 is 0 Å². The summed E-state index contributed by atoms with van der Waals surface area (Å²) >= 11 is 0. The molecule has 6 N–H and O–H groups in total. The Morgan fingerprint density at radius 2 is 1.04 bits per heavy atom. The molecule has 57 heavy (non-hydrogen) atoms. The van der Waals surface area contributed by atoms with Crippen molar-refractivity contribution in [3.05, 3.63) is 36.5 Å². The number of rotatable bonds is 39. The fourth-order valence-corrected chi connectivity index (χ4v) is 7.36. The monoisotopic (exact) mass is 808 g/mol. The first-order valence-corrected chi connectivity index (χ1v) is 23.7. The molecule has 0 bridgehead atoms. The molecule has 1 amide bonds. The van der Waals surface area contributed by atoms with Gasteiger partial charge in [0.2, 0.25) is 5.91 Å². The van der Waals surface area contributed by atoms with Crippen LogP contribution in [0.15, 0.2) is 36.5 Å². The minimum atomic E-state index is -1.57. The third-order valence-corrected chi connectivity index (χ3v) is 11.2. The first-order chi connectivity index (χ1) is 27.8. The van der Waals surface area contributed by atoms with Crippen molar-refractivity contribution >= 4 is 5.91 Å². The molecule has 0 aromatic rings. The van der Waals surface area contributed by atoms with Crippen molar-refractivity contribution < 1.29 is 39.8 Å². The molecule has 0 aliphatic carbocycles. The summed E-state index contributed by atoms with van der Waals surface area (Å²) in [6.45, 7) is 3.75. The van der Waals surface area contributed by atoms with E-state index in [9.17, 15) is 30.3 Å². The molecule has 0 spiro atoms. The molecule has 0 aromatic carbocycles. The van der Waals surface area contributed by atoms with E-state index in [4.69, 9.17) is 9.47 Å². The maximum Gasteiger partial charge on any atom is 0.220 e. The van der Waals surface area contributed by atoms with E-state index in [-0.39, 0.29) is 12.5 Å². The summed E-state index contributed by atoms with van der Waals surface area (Å²) in [4.78, 5) is 13.0. The van der Waals surface area contributed by atoms with Crippen LogP contribution >= 0.6 is 0 Å². The van der Waals surface area contributed by atoms with Gasteiger partial charge in [-0.1, -0.05) is 185 Å². The summed E-state index contributed by atoms with van der Waals surface area (Å²) in [6, 6.07) is -0.805. The molecule has 9 nitrogen and oxygen atoms in total. The van der Waals surface area contributed by atoms with Gasteiger partial charge in [-0.2, -0.15) is 0 Å². The minimum Gasteiger partial charge on any atom is -0.394 e. The maximum atomic E-state index is 13.0. The van der Waals surface area contributed by atoms with E-state index in [1.165, 1.54) is 141 Å². The van der Waals surface area contributed by atoms with Crippen molar-refractivity contribution in [3.63, 3.8) is 0 Å². The first-order valence-electron chi connectivity index (χ1n) is 23.7. The van der Waals surface area contributed by atoms with Crippen LogP contribution in [0.5, 0.6) is 0 Å². The topological polar surface area (TPSA) is 149 Å². The van der Waals surface area contributed by atoms with Crippen molar-refractivity contribution in [2.24, 2.45) is 0 Å². The standard InChI is InChI=1S/C48H89NO8/c1-3-5-7-9-11-13-15-17-19-20-21-22-24-26-28-30-32-34-36-38-44(52)49-41(40-56-48-47(55)46(54)45(53)43(39-50)57-48)42(51)37-35-33-31-29-27-25-23-18-16-14-12-10-8-6-4-2/h11,13,17,19,35,37,41-43,45-48,50-51,53-55H,3-10,12,14-16,18,20-34,36,38-40H2,1-2H3,(H,49,52)/b13-11-,19-17-,37-35+. The van der Waals surface area contributed by atoms with E-state index in [1.807, 2.05) is 6.08 Å². The Morgan fingerprint density at radius 3 is 1.54 bits per heavy atom. The summed E-state index contributed by atoms with van der Waals surface area (Å²) in [5.41, 5.74) is 0. The van der Waals surface area contributed by atoms with Crippen LogP contribution in [-0.2, 0) is 14.3 Å². The summed E-state index contributed by atoms with van der Waals surface area (Å²) in [7, 11) is 0. The Hall–Kier alpha value is -1.59. The molecule has 0 aromatic heterocycles. The third-order valence-electron chi connectivity index (χ3n) is 11.2. The highest BCUT2D eigenvalue weighted by molar-refractivity contribution is 5.76. The number of aliphatic hydroxyl groups excluding tert-OH is 5. The zero-order valence-corrected chi connectivity index (χ0v) is 36.6. The molecule has 0 radical (unpaired) electrons. The Morgan fingerprint density at radius 1 is 0.596 bits per heavy atom. The fraction of sp³-hybridized carbons (Fsp3) is 0.854. The number of hydrogen-bond acceptors (Lipinski definition) is 8. The van der Waals surface area contributed by atoms with Crippen LogP contribution in [0, 0.1) is 0 Å². The van der Waals surface area contributed by atoms with Gasteiger partial charge in [0.15, 0.2) is 6.29 Å². The van der Waals surface area contributed by atoms with E-state index in [0.717, 1.165) is 44.9 Å². The molecule has 1 aliphatic heterocycles. The number of unbranched alkanes of at least 4 members (excludes halogenated alkanes) is 25. The second-order valence-corrected chi connectivity index (χ2v) is 16.5. The lowest BCUT2D eigenvalue weighted by molar-refractivity contribution is -0.302. The predicted molar refractivity (Wildman–Crippen MR) is 235 cm³/mol. The molecule has 7 atom stereocenters. The molecular weight excluding hydrogens is 719 g/mol. The van der Waals surface area contributed by atoms with Gasteiger partial charge in [-0.05, 0) is 51.4 Å². The van der Waals surface area contributed by atoms with Crippen LogP contribution in [0.2, 0.25) is 0 Å². The van der Waals surface area contributed by atoms with Gasteiger partial charge in [-0.3, -0.25) is 4.79 Å². The van der Waals surface area contributed by atoms with Crippen molar-refractivity contribution in [3.8, 4) is 0 Å². The van der Waals surface area contributed by atoms with E-state index in [1.54, 1.807) is 6.08 Å². The lowest BCUT2D eigenvalue weighted by Crippen LogP contribution is -2.60. The van der Waals surface area contributed by atoms with Gasteiger partial charge in [0.25, 0.3) is 0 Å². The zero-order valence-electron chi connectivity index (χ0n) is 36.6. The summed E-state index contributed by atoms with van der Waals surface area (Å²) in [5.74, 6) is -0.182. The van der Waals surface area contributed by atoms with Gasteiger partial charge in [0.1, 0.15) is 24.4 Å². The predicted octanol–water partition coefficient (Wildman–Crippen LogP) is 10.1. The molecule has 1 aliphatic rings. The second kappa shape index (κ2) is 38.6. The number of ether oxygens (including phenoxy) is 2. The summed E-state index contributed by atoms with van der Waals surface area (Å²) in [6.07, 6.45) is 40.3. The Bertz CT molecular complexity index is 987. The lowest BCUT2D eigenvalue weighted by atomic mass is 9.99. The van der Waals surface area contributed by atoms with Crippen molar-refractivity contribution in [1.82, 2.24) is 5.32 Å². The second-order valence-electron chi connectivity index (χ2n) is 16.5. The van der Waals surface area contributed by atoms with Gasteiger partial charge in [-0.25, -0.2) is 0 Å². The van der Waals surface area contributed by atoms with Crippen molar-refractivity contribution in [2.45, 2.75) is 249 Å². The van der Waals surface area contributed by atoms with Crippen molar-refractivity contribution in [1.29, 1.82) is 0 Å². The molecule has 1 rings (SSSR count). The Labute approximate surface area is 349 Å². The highest BCUT2D eigenvalue weighted by atomic mass is 16.7. The number of carbonyl (C=O) groups is 1. The van der Waals surface area contributed by atoms with Gasteiger partial charge in [0.05, 0.1) is 25.4 Å². The van der Waals surface area contributed by atoms with Gasteiger partial charge in [-0.15, -0.1) is 0 Å². The molecule has 0 saturated carbocycles. The number of aliphatic hydroxyl groups is 5. The number of carbonyl (C=O) groups excluding carboxylic acids is 1. The van der Waals surface area contributed by atoms with Gasteiger partial charge < -0.3 is 40.3 Å². The largest absolute Gasteiger partial charge is 0.394 e. The highest BCUT2D eigenvalue weighted by Gasteiger charge is 2.44. The van der Waals surface area contributed by atoms with Gasteiger partial charge in [0, 0.05) is 6.42 Å². The first kappa shape index (κ1) is 53.4. The number of amides is 1. The number of hydrogen-bond donors (Lipinski definition) is 6. The van der Waals surface area contributed by atoms with E-state index >= 15 is 0 Å². The average Bonchev–Trinajstić information content (AvgIpc) is 3.21. The van der Waals surface area contributed by atoms with Crippen LogP contribution < -0.4 is 5.32 Å². The van der Waals surface area contributed by atoms with Crippen LogP contribution in [0.3, 0.4) is 0 Å².